The van der Waals surface area contributed by atoms with Crippen molar-refractivity contribution in [2.45, 2.75) is 190 Å². The Bertz CT molecular complexity index is 1370. The zero-order chi connectivity index (χ0) is 43.8. The van der Waals surface area contributed by atoms with E-state index in [4.69, 9.17) is 37.9 Å². The van der Waals surface area contributed by atoms with Crippen molar-refractivity contribution >= 4 is 12.3 Å². The molecule has 0 aliphatic carbocycles. The molecule has 4 heterocycles. The predicted octanol–water partition coefficient (Wildman–Crippen LogP) is 2.33. The van der Waals surface area contributed by atoms with Gasteiger partial charge < -0.3 is 72.9 Å². The first-order valence-electron chi connectivity index (χ1n) is 21.3. The maximum atomic E-state index is 13.1. The van der Waals surface area contributed by atoms with Gasteiger partial charge in [-0.2, -0.15) is 0 Å². The Morgan fingerprint density at radius 3 is 2.17 bits per heavy atom. The molecule has 340 valence electrons. The number of methoxy groups -OCH3 is 1. The number of carbonyl (C=O) groups is 2. The maximum Gasteiger partial charge on any atom is 0.308 e. The Kier molecular flexibility index (Phi) is 18.9. The van der Waals surface area contributed by atoms with Gasteiger partial charge >= 0.3 is 5.97 Å². The predicted molar refractivity (Wildman–Crippen MR) is 217 cm³/mol. The largest absolute Gasteiger partial charge is 0.462 e. The third-order valence-corrected chi connectivity index (χ3v) is 12.4. The van der Waals surface area contributed by atoms with Crippen LogP contribution in [-0.2, 0) is 47.5 Å². The smallest absolute Gasteiger partial charge is 0.308 e. The van der Waals surface area contributed by atoms with E-state index in [1.54, 1.807) is 39.8 Å². The number of ether oxygens (including phenoxy) is 8. The summed E-state index contributed by atoms with van der Waals surface area (Å²) < 4.78 is 50.0. The number of nitrogens with zero attached hydrogens (tertiary/aromatic N) is 2. The first-order valence-corrected chi connectivity index (χ1v) is 21.3. The van der Waals surface area contributed by atoms with Gasteiger partial charge in [0.15, 0.2) is 18.9 Å². The molecule has 4 rings (SSSR count). The third kappa shape index (κ3) is 13.3. The Morgan fingerprint density at radius 2 is 1.56 bits per heavy atom. The number of hydrogen-bond donors (Lipinski definition) is 4. The molecule has 19 atom stereocenters. The molecular formula is C43H74N2O14. The van der Waals surface area contributed by atoms with Crippen LogP contribution in [0, 0.1) is 11.8 Å². The van der Waals surface area contributed by atoms with E-state index < -0.39 is 110 Å². The van der Waals surface area contributed by atoms with Crippen molar-refractivity contribution in [2.75, 3.05) is 35.3 Å². The number of aliphatic hydroxyl groups is 4. The Morgan fingerprint density at radius 1 is 0.864 bits per heavy atom. The van der Waals surface area contributed by atoms with E-state index in [-0.39, 0.29) is 30.9 Å². The Labute approximate surface area is 351 Å². The summed E-state index contributed by atoms with van der Waals surface area (Å²) in [6.07, 6.45) is -1.56. The maximum absolute atomic E-state index is 13.1. The molecule has 4 N–H and O–H groups in total. The molecule has 18 unspecified atom stereocenters. The van der Waals surface area contributed by atoms with Crippen molar-refractivity contribution in [1.29, 1.82) is 0 Å². The van der Waals surface area contributed by atoms with E-state index in [0.717, 1.165) is 12.7 Å². The highest BCUT2D eigenvalue weighted by atomic mass is 16.7. The summed E-state index contributed by atoms with van der Waals surface area (Å²) in [5, 5.41) is 45.1. The number of aldehydes is 1. The number of cyclic esters (lactones) is 1. The van der Waals surface area contributed by atoms with E-state index in [1.807, 2.05) is 52.2 Å². The van der Waals surface area contributed by atoms with Gasteiger partial charge in [-0.15, -0.1) is 0 Å². The van der Waals surface area contributed by atoms with Crippen LogP contribution in [0.25, 0.3) is 0 Å². The number of rotatable bonds is 11. The van der Waals surface area contributed by atoms with Gasteiger partial charge in [-0.3, -0.25) is 4.79 Å². The van der Waals surface area contributed by atoms with Crippen molar-refractivity contribution in [1.82, 2.24) is 9.80 Å². The van der Waals surface area contributed by atoms with Crippen molar-refractivity contribution < 1.29 is 67.9 Å². The monoisotopic (exact) mass is 843 g/mol. The quantitative estimate of drug-likeness (QED) is 0.175. The van der Waals surface area contributed by atoms with Crippen LogP contribution in [0.2, 0.25) is 0 Å². The lowest BCUT2D eigenvalue weighted by molar-refractivity contribution is -0.344. The molecule has 16 nitrogen and oxygen atoms in total. The number of hydrogen-bond acceptors (Lipinski definition) is 16. The zero-order valence-electron chi connectivity index (χ0n) is 37.0. The van der Waals surface area contributed by atoms with E-state index in [0.29, 0.717) is 19.3 Å². The number of allylic oxidation sites excluding steroid dienone is 2. The number of esters is 1. The highest BCUT2D eigenvalue weighted by Gasteiger charge is 2.52. The van der Waals surface area contributed by atoms with Gasteiger partial charge in [-0.25, -0.2) is 0 Å². The summed E-state index contributed by atoms with van der Waals surface area (Å²) >= 11 is 0. The molecule has 3 fully saturated rings. The van der Waals surface area contributed by atoms with Crippen LogP contribution < -0.4 is 0 Å². The van der Waals surface area contributed by atoms with Crippen molar-refractivity contribution in [3.05, 3.63) is 24.3 Å². The average molecular weight is 843 g/mol. The second-order valence-corrected chi connectivity index (χ2v) is 17.8. The minimum absolute atomic E-state index is 0.00885. The van der Waals surface area contributed by atoms with Gasteiger partial charge in [0.25, 0.3) is 0 Å². The van der Waals surface area contributed by atoms with Gasteiger partial charge in [0.05, 0.1) is 54.7 Å². The minimum atomic E-state index is -1.47. The Hall–Kier alpha value is -1.90. The number of likely N-dealkylation sites (N-methyl/N-ethyl adjacent to an activating group) is 2. The van der Waals surface area contributed by atoms with Gasteiger partial charge in [-0.1, -0.05) is 31.2 Å². The fourth-order valence-electron chi connectivity index (χ4n) is 9.10. The van der Waals surface area contributed by atoms with Crippen molar-refractivity contribution in [2.24, 2.45) is 11.8 Å². The highest BCUT2D eigenvalue weighted by molar-refractivity contribution is 5.70. The minimum Gasteiger partial charge on any atom is -0.462 e. The zero-order valence-corrected chi connectivity index (χ0v) is 37.0. The van der Waals surface area contributed by atoms with Gasteiger partial charge in [-0.05, 0) is 93.9 Å². The van der Waals surface area contributed by atoms with Crippen LogP contribution in [0.3, 0.4) is 0 Å². The topological polar surface area (TPSA) is 195 Å². The van der Waals surface area contributed by atoms with Gasteiger partial charge in [0.1, 0.15) is 36.8 Å². The molecule has 16 heteroatoms. The molecule has 0 amide bonds. The molecule has 0 saturated carbocycles. The molecular weight excluding hydrogens is 768 g/mol. The highest BCUT2D eigenvalue weighted by Crippen LogP contribution is 2.37. The summed E-state index contributed by atoms with van der Waals surface area (Å²) in [5.74, 6) is -1.47. The van der Waals surface area contributed by atoms with Crippen LogP contribution in [0.15, 0.2) is 24.3 Å². The molecule has 4 aliphatic heterocycles. The van der Waals surface area contributed by atoms with Crippen LogP contribution in [0.4, 0.5) is 0 Å². The van der Waals surface area contributed by atoms with Gasteiger partial charge in [0, 0.05) is 32.4 Å². The fourth-order valence-corrected chi connectivity index (χ4v) is 9.10. The third-order valence-electron chi connectivity index (χ3n) is 12.4. The van der Waals surface area contributed by atoms with Gasteiger partial charge in [0.2, 0.25) is 0 Å². The van der Waals surface area contributed by atoms with E-state index >= 15 is 0 Å². The molecule has 0 aromatic rings. The van der Waals surface area contributed by atoms with E-state index in [2.05, 4.69) is 4.90 Å². The molecule has 0 aromatic heterocycles. The second kappa shape index (κ2) is 22.5. The molecule has 0 aromatic carbocycles. The fraction of sp³-hybridized carbons (Fsp3) is 0.860. The lowest BCUT2D eigenvalue weighted by Gasteiger charge is -2.50. The SMILES string of the molecule is COC1C(O)CC(=O)OC(C)CC=CC=CC(OC2CCC(N(C)C)C(C)O2)C(C)CC(CC=O)C1OC1OC(C)C(OC2C[C@@](C)(O)C(O)C(C)O2)C(N(C)C)C1O. The van der Waals surface area contributed by atoms with Crippen molar-refractivity contribution in [3.8, 4) is 0 Å². The van der Waals surface area contributed by atoms with Crippen LogP contribution in [0.5, 0.6) is 0 Å². The lowest BCUT2D eigenvalue weighted by atomic mass is 9.82. The van der Waals surface area contributed by atoms with E-state index in [1.165, 1.54) is 14.0 Å². The molecule has 59 heavy (non-hydrogen) atoms. The normalized spacial score (nSPS) is 44.7. The number of aliphatic hydroxyl groups excluding tert-OH is 3. The van der Waals surface area contributed by atoms with E-state index in [9.17, 15) is 30.0 Å². The number of carbonyl (C=O) groups excluding carboxylic acids is 2. The van der Waals surface area contributed by atoms with Crippen LogP contribution in [-0.4, -0.2) is 181 Å². The summed E-state index contributed by atoms with van der Waals surface area (Å²) in [6, 6.07) is -0.466. The second-order valence-electron chi connectivity index (χ2n) is 17.8. The summed E-state index contributed by atoms with van der Waals surface area (Å²) in [4.78, 5) is 29.5. The molecule has 0 spiro atoms. The van der Waals surface area contributed by atoms with Crippen LogP contribution in [0.1, 0.15) is 86.5 Å². The molecule has 4 aliphatic rings. The first kappa shape index (κ1) is 49.8. The lowest BCUT2D eigenvalue weighted by Crippen LogP contribution is -2.65. The first-order chi connectivity index (χ1) is 27.8. The molecule has 3 saturated heterocycles. The summed E-state index contributed by atoms with van der Waals surface area (Å²) in [6.45, 7) is 10.8. The average Bonchev–Trinajstić information content (AvgIpc) is 3.13. The molecule has 0 bridgehead atoms. The van der Waals surface area contributed by atoms with Crippen LogP contribution >= 0.6 is 0 Å². The molecule has 0 radical (unpaired) electrons. The summed E-state index contributed by atoms with van der Waals surface area (Å²) in [7, 11) is 9.03. The standard InChI is InChI=1S/C43H74N2O14/c1-24-21-29(19-20-46)39(59-42-37(49)36(45(9)10)38(27(4)56-42)58-35-23-43(6,51)41(50)28(5)55-35)40(52-11)31(47)22-33(48)53-25(2)15-13-12-14-16-32(24)57-34-18-17-30(44(7)8)26(3)54-34/h12-14,16,20,24-32,34-42,47,49-51H,15,17-19,21-23H2,1-11H3/t24?,25?,26?,27?,28?,29?,30?,31?,32?,34?,35?,36?,37?,38?,39?,40?,41?,42?,43-/m1/s1. The summed E-state index contributed by atoms with van der Waals surface area (Å²) in [5.41, 5.74) is -1.47. The van der Waals surface area contributed by atoms with Crippen molar-refractivity contribution in [3.63, 3.8) is 0 Å². The Balaban J connectivity index is 1.66.